The predicted molar refractivity (Wildman–Crippen MR) is 116 cm³/mol. The van der Waals surface area contributed by atoms with Crippen molar-refractivity contribution in [1.82, 2.24) is 14.1 Å². The molecule has 3 rings (SSSR count). The lowest BCUT2D eigenvalue weighted by Crippen LogP contribution is -2.48. The second kappa shape index (κ2) is 9.59. The van der Waals surface area contributed by atoms with Gasteiger partial charge in [-0.25, -0.2) is 12.7 Å². The molecule has 0 radical (unpaired) electrons. The molecule has 1 heterocycles. The van der Waals surface area contributed by atoms with Gasteiger partial charge < -0.3 is 9.64 Å². The molecule has 0 spiro atoms. The highest BCUT2D eigenvalue weighted by molar-refractivity contribution is 7.89. The lowest BCUT2D eigenvalue weighted by molar-refractivity contribution is -0.132. The van der Waals surface area contributed by atoms with Crippen molar-refractivity contribution in [3.05, 3.63) is 59.7 Å². The quantitative estimate of drug-likeness (QED) is 0.669. The van der Waals surface area contributed by atoms with Crippen molar-refractivity contribution in [2.24, 2.45) is 0 Å². The first kappa shape index (κ1) is 22.3. The molecule has 0 saturated carbocycles. The van der Waals surface area contributed by atoms with Crippen LogP contribution in [0.1, 0.15) is 11.1 Å². The van der Waals surface area contributed by atoms with Crippen LogP contribution < -0.4 is 4.74 Å². The van der Waals surface area contributed by atoms with E-state index in [0.29, 0.717) is 31.0 Å². The van der Waals surface area contributed by atoms with E-state index in [0.717, 1.165) is 30.0 Å². The smallest absolute Gasteiger partial charge is 0.242 e. The highest BCUT2D eigenvalue weighted by atomic mass is 32.2. The van der Waals surface area contributed by atoms with Crippen LogP contribution in [0.2, 0.25) is 0 Å². The molecule has 0 N–H and O–H groups in total. The molecule has 2 aromatic carbocycles. The van der Waals surface area contributed by atoms with Gasteiger partial charge in [-0.1, -0.05) is 24.3 Å². The molecule has 162 valence electrons. The number of nitrogens with zero attached hydrogens (tertiary/aromatic N) is 3. The van der Waals surface area contributed by atoms with Crippen molar-refractivity contribution < 1.29 is 17.9 Å². The third-order valence-corrected chi connectivity index (χ3v) is 7.11. The minimum absolute atomic E-state index is 0.113. The minimum Gasteiger partial charge on any atom is -0.497 e. The van der Waals surface area contributed by atoms with Crippen molar-refractivity contribution >= 4 is 15.9 Å². The van der Waals surface area contributed by atoms with Gasteiger partial charge in [-0.15, -0.1) is 0 Å². The summed E-state index contributed by atoms with van der Waals surface area (Å²) in [4.78, 5) is 17.1. The summed E-state index contributed by atoms with van der Waals surface area (Å²) in [6.07, 6.45) is 0.363. The van der Waals surface area contributed by atoms with Crippen molar-refractivity contribution in [2.75, 3.05) is 47.4 Å². The fourth-order valence-electron chi connectivity index (χ4n) is 3.50. The van der Waals surface area contributed by atoms with Gasteiger partial charge in [0.25, 0.3) is 0 Å². The van der Waals surface area contributed by atoms with Crippen LogP contribution in [0.4, 0.5) is 0 Å². The Hall–Kier alpha value is -2.42. The number of ether oxygens (including phenoxy) is 1. The van der Waals surface area contributed by atoms with E-state index in [4.69, 9.17) is 4.74 Å². The van der Waals surface area contributed by atoms with Gasteiger partial charge in [0.1, 0.15) is 5.75 Å². The number of amides is 1. The molecule has 1 aliphatic rings. The number of carbonyl (C=O) groups is 1. The summed E-state index contributed by atoms with van der Waals surface area (Å²) < 4.78 is 31.1. The first-order chi connectivity index (χ1) is 14.3. The normalized spacial score (nSPS) is 15.4. The molecule has 1 amide bonds. The predicted octanol–water partition coefficient (Wildman–Crippen LogP) is 1.83. The highest BCUT2D eigenvalue weighted by Gasteiger charge is 2.22. The SMILES string of the molecule is COc1cccc(CC(=O)N2CCN(Cc3cccc(S(=O)(=O)N(C)C)c3)CC2)c1. The maximum Gasteiger partial charge on any atom is 0.242 e. The molecule has 1 aliphatic heterocycles. The van der Waals surface area contributed by atoms with E-state index in [1.807, 2.05) is 35.2 Å². The Morgan fingerprint density at radius 1 is 1.00 bits per heavy atom. The molecule has 0 aliphatic carbocycles. The Morgan fingerprint density at radius 3 is 2.33 bits per heavy atom. The zero-order valence-corrected chi connectivity index (χ0v) is 18.6. The summed E-state index contributed by atoms with van der Waals surface area (Å²) in [6.45, 7) is 3.51. The van der Waals surface area contributed by atoms with Crippen LogP contribution in [0.25, 0.3) is 0 Å². The van der Waals surface area contributed by atoms with Crippen molar-refractivity contribution in [2.45, 2.75) is 17.9 Å². The monoisotopic (exact) mass is 431 g/mol. The molecule has 1 fully saturated rings. The molecule has 30 heavy (non-hydrogen) atoms. The van der Waals surface area contributed by atoms with Crippen LogP contribution in [-0.2, 0) is 27.8 Å². The largest absolute Gasteiger partial charge is 0.497 e. The highest BCUT2D eigenvalue weighted by Crippen LogP contribution is 2.18. The fourth-order valence-corrected chi connectivity index (χ4v) is 4.47. The zero-order chi connectivity index (χ0) is 21.7. The van der Waals surface area contributed by atoms with Gasteiger partial charge in [-0.05, 0) is 35.4 Å². The first-order valence-electron chi connectivity index (χ1n) is 9.94. The number of sulfonamides is 1. The summed E-state index contributed by atoms with van der Waals surface area (Å²) in [5.41, 5.74) is 1.90. The van der Waals surface area contributed by atoms with Crippen molar-refractivity contribution in [3.8, 4) is 5.75 Å². The van der Waals surface area contributed by atoms with Gasteiger partial charge in [0, 0.05) is 46.8 Å². The first-order valence-corrected chi connectivity index (χ1v) is 11.4. The number of piperazine rings is 1. The lowest BCUT2D eigenvalue weighted by Gasteiger charge is -2.35. The Balaban J connectivity index is 1.55. The van der Waals surface area contributed by atoms with Crippen LogP contribution >= 0.6 is 0 Å². The summed E-state index contributed by atoms with van der Waals surface area (Å²) in [5.74, 6) is 0.866. The Labute approximate surface area is 178 Å². The minimum atomic E-state index is -3.44. The number of rotatable bonds is 7. The number of methoxy groups -OCH3 is 1. The molecule has 0 unspecified atom stereocenters. The third-order valence-electron chi connectivity index (χ3n) is 5.30. The van der Waals surface area contributed by atoms with Gasteiger partial charge in [-0.3, -0.25) is 9.69 Å². The van der Waals surface area contributed by atoms with E-state index >= 15 is 0 Å². The van der Waals surface area contributed by atoms with Crippen LogP contribution in [0.15, 0.2) is 53.4 Å². The van der Waals surface area contributed by atoms with Crippen LogP contribution in [0.3, 0.4) is 0 Å². The number of hydrogen-bond donors (Lipinski definition) is 0. The molecule has 0 atom stereocenters. The van der Waals surface area contributed by atoms with Crippen LogP contribution in [0.5, 0.6) is 5.75 Å². The number of carbonyl (C=O) groups excluding carboxylic acids is 1. The molecular weight excluding hydrogens is 402 g/mol. The fraction of sp³-hybridized carbons (Fsp3) is 0.409. The van der Waals surface area contributed by atoms with E-state index in [-0.39, 0.29) is 5.91 Å². The Bertz CT molecular complexity index is 983. The summed E-state index contributed by atoms with van der Waals surface area (Å²) in [7, 11) is 1.24. The molecule has 8 heteroatoms. The molecule has 0 bridgehead atoms. The second-order valence-electron chi connectivity index (χ2n) is 7.62. The average Bonchev–Trinajstić information content (AvgIpc) is 2.74. The third kappa shape index (κ3) is 5.38. The zero-order valence-electron chi connectivity index (χ0n) is 17.7. The molecule has 0 aromatic heterocycles. The van der Waals surface area contributed by atoms with E-state index in [2.05, 4.69) is 4.90 Å². The number of benzene rings is 2. The van der Waals surface area contributed by atoms with E-state index < -0.39 is 10.0 Å². The van der Waals surface area contributed by atoms with E-state index in [9.17, 15) is 13.2 Å². The maximum atomic E-state index is 12.6. The van der Waals surface area contributed by atoms with E-state index in [1.165, 1.54) is 18.4 Å². The van der Waals surface area contributed by atoms with Gasteiger partial charge in [-0.2, -0.15) is 0 Å². The van der Waals surface area contributed by atoms with Gasteiger partial charge in [0.05, 0.1) is 18.4 Å². The van der Waals surface area contributed by atoms with Crippen LogP contribution in [0, 0.1) is 0 Å². The Morgan fingerprint density at radius 2 is 1.67 bits per heavy atom. The van der Waals surface area contributed by atoms with Gasteiger partial charge >= 0.3 is 0 Å². The molecule has 1 saturated heterocycles. The van der Waals surface area contributed by atoms with Crippen molar-refractivity contribution in [1.29, 1.82) is 0 Å². The topological polar surface area (TPSA) is 70.2 Å². The van der Waals surface area contributed by atoms with Gasteiger partial charge in [0.15, 0.2) is 0 Å². The number of hydrogen-bond acceptors (Lipinski definition) is 5. The standard InChI is InChI=1S/C22H29N3O4S/c1-23(2)30(27,28)21-9-5-7-19(15-21)17-24-10-12-25(13-11-24)22(26)16-18-6-4-8-20(14-18)29-3/h4-9,14-15H,10-13,16-17H2,1-3H3. The summed E-state index contributed by atoms with van der Waals surface area (Å²) in [6, 6.07) is 14.7. The lowest BCUT2D eigenvalue weighted by atomic mass is 10.1. The second-order valence-corrected chi connectivity index (χ2v) is 9.77. The Kier molecular flexibility index (Phi) is 7.12. The van der Waals surface area contributed by atoms with Crippen LogP contribution in [-0.4, -0.2) is 75.8 Å². The maximum absolute atomic E-state index is 12.6. The molecular formula is C22H29N3O4S. The summed E-state index contributed by atoms with van der Waals surface area (Å²) >= 11 is 0. The molecule has 7 nitrogen and oxygen atoms in total. The van der Waals surface area contributed by atoms with E-state index in [1.54, 1.807) is 25.3 Å². The molecule has 2 aromatic rings. The van der Waals surface area contributed by atoms with Gasteiger partial charge in [0.2, 0.25) is 15.9 Å². The summed E-state index contributed by atoms with van der Waals surface area (Å²) in [5, 5.41) is 0. The van der Waals surface area contributed by atoms with Crippen molar-refractivity contribution in [3.63, 3.8) is 0 Å². The average molecular weight is 432 g/mol.